The second-order valence-corrected chi connectivity index (χ2v) is 8.75. The molecule has 0 amide bonds. The number of ketones is 1. The summed E-state index contributed by atoms with van der Waals surface area (Å²) in [4.78, 5) is 11.9. The largest absolute Gasteiger partial charge is 0.393 e. The average molecular weight is 290 g/mol. The Bertz CT molecular complexity index is 517. The van der Waals surface area contributed by atoms with Gasteiger partial charge < -0.3 is 9.84 Å². The summed E-state index contributed by atoms with van der Waals surface area (Å²) in [5.41, 5.74) is 0.143. The summed E-state index contributed by atoms with van der Waals surface area (Å²) in [7, 11) is 0. The summed E-state index contributed by atoms with van der Waals surface area (Å²) in [6, 6.07) is 0. The molecular formula is C18H26O3. The number of ether oxygens (including phenoxy) is 1. The number of rotatable bonds is 0. The molecule has 0 aromatic carbocycles. The Balaban J connectivity index is 1.49. The lowest BCUT2D eigenvalue weighted by atomic mass is 9.50. The van der Waals surface area contributed by atoms with Crippen molar-refractivity contribution < 1.29 is 14.6 Å². The van der Waals surface area contributed by atoms with Crippen molar-refractivity contribution in [2.45, 2.75) is 82.0 Å². The van der Waals surface area contributed by atoms with E-state index in [1.165, 1.54) is 19.3 Å². The third-order valence-corrected chi connectivity index (χ3v) is 8.23. The van der Waals surface area contributed by atoms with Crippen LogP contribution < -0.4 is 0 Å². The van der Waals surface area contributed by atoms with Crippen LogP contribution in [0.4, 0.5) is 0 Å². The highest BCUT2D eigenvalue weighted by atomic mass is 16.6. The smallest absolute Gasteiger partial charge is 0.136 e. The molecule has 116 valence electrons. The highest BCUT2D eigenvalue weighted by molar-refractivity contribution is 5.82. The van der Waals surface area contributed by atoms with Crippen LogP contribution in [0.25, 0.3) is 0 Å². The molecule has 7 atom stereocenters. The second kappa shape index (κ2) is 3.73. The third kappa shape index (κ3) is 1.37. The molecular weight excluding hydrogens is 264 g/mol. The molecule has 4 saturated carbocycles. The molecule has 1 aliphatic heterocycles. The summed E-state index contributed by atoms with van der Waals surface area (Å²) in [6.07, 6.45) is 9.12. The molecule has 0 unspecified atom stereocenters. The lowest BCUT2D eigenvalue weighted by Gasteiger charge is -2.52. The van der Waals surface area contributed by atoms with Crippen LogP contribution in [0.15, 0.2) is 0 Å². The molecule has 3 nitrogen and oxygen atoms in total. The van der Waals surface area contributed by atoms with E-state index < -0.39 is 0 Å². The fourth-order valence-corrected chi connectivity index (χ4v) is 7.11. The predicted octanol–water partition coefficient (Wildman–Crippen LogP) is 2.84. The first-order valence-electron chi connectivity index (χ1n) is 8.91. The summed E-state index contributed by atoms with van der Waals surface area (Å²) in [5.74, 6) is 2.48. The van der Waals surface area contributed by atoms with Gasteiger partial charge in [0.05, 0.1) is 6.10 Å². The van der Waals surface area contributed by atoms with Gasteiger partial charge in [-0.3, -0.25) is 4.79 Å². The van der Waals surface area contributed by atoms with Crippen molar-refractivity contribution in [2.24, 2.45) is 23.2 Å². The zero-order chi connectivity index (χ0) is 14.5. The standard InChI is InChI=1S/C18H26O3/c1-16-7-6-14-12(13(16)2-3-15(16)20)5-8-17-10-11(19)4-9-18(14,17)21-17/h12-15,20H,2-10H2,1H3/t12-,13-,14-,15-,16-,17-,18-/m0/s1. The minimum atomic E-state index is -0.0966. The zero-order valence-electron chi connectivity index (χ0n) is 12.9. The van der Waals surface area contributed by atoms with Crippen LogP contribution >= 0.6 is 0 Å². The topological polar surface area (TPSA) is 49.8 Å². The monoisotopic (exact) mass is 290 g/mol. The Hall–Kier alpha value is -0.410. The molecule has 1 saturated heterocycles. The molecule has 0 bridgehead atoms. The Labute approximate surface area is 126 Å². The number of hydrogen-bond acceptors (Lipinski definition) is 3. The first-order chi connectivity index (χ1) is 10.0. The van der Waals surface area contributed by atoms with Crippen LogP contribution in [0.5, 0.6) is 0 Å². The van der Waals surface area contributed by atoms with Crippen molar-refractivity contribution in [3.63, 3.8) is 0 Å². The summed E-state index contributed by atoms with van der Waals surface area (Å²) in [6.45, 7) is 2.32. The summed E-state index contributed by atoms with van der Waals surface area (Å²) in [5, 5.41) is 10.4. The van der Waals surface area contributed by atoms with Crippen LogP contribution in [-0.2, 0) is 9.53 Å². The van der Waals surface area contributed by atoms with E-state index in [1.807, 2.05) is 0 Å². The Morgan fingerprint density at radius 2 is 1.95 bits per heavy atom. The molecule has 5 rings (SSSR count). The Morgan fingerprint density at radius 1 is 1.10 bits per heavy atom. The van der Waals surface area contributed by atoms with Gasteiger partial charge in [0.2, 0.25) is 0 Å². The van der Waals surface area contributed by atoms with E-state index >= 15 is 0 Å². The van der Waals surface area contributed by atoms with E-state index in [0.717, 1.165) is 38.0 Å². The molecule has 0 aromatic rings. The zero-order valence-corrected chi connectivity index (χ0v) is 12.9. The number of hydrogen-bond donors (Lipinski definition) is 1. The van der Waals surface area contributed by atoms with Crippen LogP contribution in [-0.4, -0.2) is 28.2 Å². The normalized spacial score (nSPS) is 61.5. The van der Waals surface area contributed by atoms with Gasteiger partial charge >= 0.3 is 0 Å². The fraction of sp³-hybridized carbons (Fsp3) is 0.944. The molecule has 5 aliphatic rings. The quantitative estimate of drug-likeness (QED) is 0.698. The molecule has 0 aromatic heterocycles. The Morgan fingerprint density at radius 3 is 2.81 bits per heavy atom. The lowest BCUT2D eigenvalue weighted by Crippen LogP contribution is -2.53. The van der Waals surface area contributed by atoms with Gasteiger partial charge in [0.15, 0.2) is 0 Å². The number of aliphatic hydroxyl groups is 1. The number of carbonyl (C=O) groups excluding carboxylic acids is 1. The van der Waals surface area contributed by atoms with Crippen molar-refractivity contribution in [1.82, 2.24) is 0 Å². The molecule has 1 N–H and O–H groups in total. The van der Waals surface area contributed by atoms with Crippen LogP contribution in [0.2, 0.25) is 0 Å². The van der Waals surface area contributed by atoms with E-state index in [2.05, 4.69) is 6.92 Å². The van der Waals surface area contributed by atoms with Crippen LogP contribution in [0.1, 0.15) is 64.7 Å². The van der Waals surface area contributed by atoms with Gasteiger partial charge in [0, 0.05) is 12.8 Å². The van der Waals surface area contributed by atoms with E-state index in [4.69, 9.17) is 4.74 Å². The van der Waals surface area contributed by atoms with Gasteiger partial charge in [0.1, 0.15) is 17.0 Å². The molecule has 0 spiro atoms. The maximum absolute atomic E-state index is 11.9. The number of epoxide rings is 1. The van der Waals surface area contributed by atoms with Gasteiger partial charge in [-0.2, -0.15) is 0 Å². The predicted molar refractivity (Wildman–Crippen MR) is 77.7 cm³/mol. The molecule has 0 radical (unpaired) electrons. The van der Waals surface area contributed by atoms with Crippen molar-refractivity contribution in [2.75, 3.05) is 0 Å². The fourth-order valence-electron chi connectivity index (χ4n) is 7.11. The number of Topliss-reactive ketones (excluding diaryl/α,β-unsaturated/α-hetero) is 1. The van der Waals surface area contributed by atoms with E-state index in [-0.39, 0.29) is 22.7 Å². The molecule has 4 aliphatic carbocycles. The van der Waals surface area contributed by atoms with Crippen molar-refractivity contribution in [3.8, 4) is 0 Å². The molecule has 1 heterocycles. The number of aliphatic hydroxyl groups excluding tert-OH is 1. The third-order valence-electron chi connectivity index (χ3n) is 8.23. The minimum Gasteiger partial charge on any atom is -0.393 e. The van der Waals surface area contributed by atoms with Gasteiger partial charge in [-0.25, -0.2) is 0 Å². The SMILES string of the molecule is C[C@]12CC[C@H]3[C@@H](CC[C@]45CC(=O)CC[C@]34O5)[C@@H]1CC[C@@H]2O. The van der Waals surface area contributed by atoms with Gasteiger partial charge in [-0.15, -0.1) is 0 Å². The minimum absolute atomic E-state index is 0.0543. The van der Waals surface area contributed by atoms with Gasteiger partial charge in [0.25, 0.3) is 0 Å². The van der Waals surface area contributed by atoms with E-state index in [9.17, 15) is 9.90 Å². The van der Waals surface area contributed by atoms with Gasteiger partial charge in [-0.1, -0.05) is 6.92 Å². The van der Waals surface area contributed by atoms with Gasteiger partial charge in [-0.05, 0) is 68.1 Å². The molecule has 5 fully saturated rings. The highest BCUT2D eigenvalue weighted by Gasteiger charge is 2.78. The van der Waals surface area contributed by atoms with E-state index in [0.29, 0.717) is 24.0 Å². The highest BCUT2D eigenvalue weighted by Crippen LogP contribution is 2.72. The summed E-state index contributed by atoms with van der Waals surface area (Å²) >= 11 is 0. The van der Waals surface area contributed by atoms with Crippen molar-refractivity contribution in [3.05, 3.63) is 0 Å². The summed E-state index contributed by atoms with van der Waals surface area (Å²) < 4.78 is 6.38. The molecule has 21 heavy (non-hydrogen) atoms. The molecule has 3 heteroatoms. The number of carbonyl (C=O) groups is 1. The second-order valence-electron chi connectivity index (χ2n) is 8.75. The maximum Gasteiger partial charge on any atom is 0.136 e. The first-order valence-corrected chi connectivity index (χ1v) is 8.91. The van der Waals surface area contributed by atoms with Crippen LogP contribution in [0.3, 0.4) is 0 Å². The average Bonchev–Trinajstić information content (AvgIpc) is 3.05. The lowest BCUT2D eigenvalue weighted by molar-refractivity contribution is -0.123. The number of fused-ring (bicyclic) bond motifs is 3. The van der Waals surface area contributed by atoms with Crippen molar-refractivity contribution >= 4 is 5.78 Å². The Kier molecular flexibility index (Phi) is 2.32. The maximum atomic E-state index is 11.9. The van der Waals surface area contributed by atoms with Crippen molar-refractivity contribution in [1.29, 1.82) is 0 Å². The first kappa shape index (κ1) is 13.1. The van der Waals surface area contributed by atoms with E-state index in [1.54, 1.807) is 0 Å². The van der Waals surface area contributed by atoms with Crippen LogP contribution in [0, 0.1) is 23.2 Å².